The van der Waals surface area contributed by atoms with Crippen LogP contribution in [-0.4, -0.2) is 9.97 Å². The lowest BCUT2D eigenvalue weighted by atomic mass is 10.0. The number of rotatable bonds is 2. The van der Waals surface area contributed by atoms with Gasteiger partial charge in [0.15, 0.2) is 0 Å². The number of nitriles is 1. The van der Waals surface area contributed by atoms with Gasteiger partial charge < -0.3 is 4.98 Å². The third kappa shape index (κ3) is 2.67. The molecule has 1 N–H and O–H groups in total. The zero-order valence-corrected chi connectivity index (χ0v) is 12.1. The smallest absolute Gasteiger partial charge is 0.118 e. The Morgan fingerprint density at radius 3 is 2.71 bits per heavy atom. The fraction of sp³-hybridized carbons (Fsp3) is 0.0588. The van der Waals surface area contributed by atoms with Crippen LogP contribution in [0.1, 0.15) is 11.3 Å². The summed E-state index contributed by atoms with van der Waals surface area (Å²) in [7, 11) is 0. The predicted octanol–water partition coefficient (Wildman–Crippen LogP) is 4.58. The van der Waals surface area contributed by atoms with Crippen LogP contribution in [0.25, 0.3) is 22.5 Å². The first-order valence-corrected chi connectivity index (χ1v) is 6.87. The summed E-state index contributed by atoms with van der Waals surface area (Å²) in [4.78, 5) is 7.51. The van der Waals surface area contributed by atoms with Crippen molar-refractivity contribution in [1.29, 1.82) is 5.26 Å². The highest BCUT2D eigenvalue weighted by Gasteiger charge is 2.13. The number of hydrogen-bond acceptors (Lipinski definition) is 2. The van der Waals surface area contributed by atoms with E-state index < -0.39 is 0 Å². The van der Waals surface area contributed by atoms with Crippen molar-refractivity contribution >= 4 is 11.6 Å². The van der Waals surface area contributed by atoms with Crippen molar-refractivity contribution in [2.24, 2.45) is 0 Å². The fourth-order valence-corrected chi connectivity index (χ4v) is 2.64. The Morgan fingerprint density at radius 2 is 2.05 bits per heavy atom. The van der Waals surface area contributed by atoms with Gasteiger partial charge in [-0.1, -0.05) is 17.7 Å². The molecule has 0 aliphatic heterocycles. The second kappa shape index (κ2) is 5.43. The molecule has 4 heteroatoms. The van der Waals surface area contributed by atoms with Crippen molar-refractivity contribution in [1.82, 2.24) is 9.97 Å². The number of hydrogen-bond donors (Lipinski definition) is 1. The molecule has 0 atom stereocenters. The van der Waals surface area contributed by atoms with Crippen molar-refractivity contribution in [3.63, 3.8) is 0 Å². The topological polar surface area (TPSA) is 52.5 Å². The van der Waals surface area contributed by atoms with E-state index >= 15 is 0 Å². The molecule has 3 rings (SSSR count). The lowest BCUT2D eigenvalue weighted by Crippen LogP contribution is -1.86. The average Bonchev–Trinajstić information content (AvgIpc) is 2.91. The number of halogens is 1. The van der Waals surface area contributed by atoms with Crippen molar-refractivity contribution in [2.45, 2.75) is 6.92 Å². The normalized spacial score (nSPS) is 10.3. The van der Waals surface area contributed by atoms with Crippen LogP contribution in [0.4, 0.5) is 0 Å². The van der Waals surface area contributed by atoms with E-state index in [4.69, 9.17) is 16.9 Å². The molecule has 1 aromatic carbocycles. The Labute approximate surface area is 127 Å². The molecular formula is C17H12ClN3. The van der Waals surface area contributed by atoms with E-state index in [9.17, 15) is 0 Å². The van der Waals surface area contributed by atoms with E-state index in [0.717, 1.165) is 28.1 Å². The quantitative estimate of drug-likeness (QED) is 0.752. The summed E-state index contributed by atoms with van der Waals surface area (Å²) >= 11 is 6.14. The molecule has 0 fully saturated rings. The highest BCUT2D eigenvalue weighted by molar-refractivity contribution is 6.31. The maximum Gasteiger partial charge on any atom is 0.118 e. The Bertz CT molecular complexity index is 809. The maximum absolute atomic E-state index is 9.15. The van der Waals surface area contributed by atoms with Crippen LogP contribution in [0, 0.1) is 18.3 Å². The molecular weight excluding hydrogens is 282 g/mol. The molecule has 102 valence electrons. The van der Waals surface area contributed by atoms with Gasteiger partial charge in [-0.25, -0.2) is 0 Å². The molecule has 3 aromatic rings. The SMILES string of the molecule is Cc1cc(Cl)cc(-c2[nH]c(C#N)cc2-c2ccccn2)c1. The number of nitrogens with zero attached hydrogens (tertiary/aromatic N) is 2. The van der Waals surface area contributed by atoms with Crippen LogP contribution in [0.15, 0.2) is 48.7 Å². The summed E-state index contributed by atoms with van der Waals surface area (Å²) in [5.41, 5.74) is 5.09. The van der Waals surface area contributed by atoms with Gasteiger partial charge in [-0.05, 0) is 48.9 Å². The van der Waals surface area contributed by atoms with E-state index in [-0.39, 0.29) is 0 Å². The summed E-state index contributed by atoms with van der Waals surface area (Å²) < 4.78 is 0. The first-order valence-electron chi connectivity index (χ1n) is 6.49. The number of aryl methyl sites for hydroxylation is 1. The largest absolute Gasteiger partial charge is 0.346 e. The minimum Gasteiger partial charge on any atom is -0.346 e. The van der Waals surface area contributed by atoms with Crippen molar-refractivity contribution in [3.05, 3.63) is 64.9 Å². The van der Waals surface area contributed by atoms with Crippen LogP contribution >= 0.6 is 11.6 Å². The van der Waals surface area contributed by atoms with Crippen molar-refractivity contribution in [2.75, 3.05) is 0 Å². The molecule has 21 heavy (non-hydrogen) atoms. The minimum atomic E-state index is 0.503. The highest BCUT2D eigenvalue weighted by Crippen LogP contribution is 2.33. The summed E-state index contributed by atoms with van der Waals surface area (Å²) in [5, 5.41) is 9.82. The zero-order chi connectivity index (χ0) is 14.8. The van der Waals surface area contributed by atoms with Gasteiger partial charge in [-0.2, -0.15) is 5.26 Å². The first kappa shape index (κ1) is 13.4. The molecule has 0 amide bonds. The van der Waals surface area contributed by atoms with Gasteiger partial charge in [0, 0.05) is 22.3 Å². The lowest BCUT2D eigenvalue weighted by Gasteiger charge is -2.06. The summed E-state index contributed by atoms with van der Waals surface area (Å²) in [6.07, 6.45) is 1.74. The maximum atomic E-state index is 9.15. The lowest BCUT2D eigenvalue weighted by molar-refractivity contribution is 1.31. The van der Waals surface area contributed by atoms with Crippen LogP contribution in [0.5, 0.6) is 0 Å². The molecule has 0 spiro atoms. The van der Waals surface area contributed by atoms with Crippen molar-refractivity contribution in [3.8, 4) is 28.6 Å². The molecule has 0 bridgehead atoms. The predicted molar refractivity (Wildman–Crippen MR) is 83.9 cm³/mol. The minimum absolute atomic E-state index is 0.503. The van der Waals surface area contributed by atoms with Gasteiger partial charge in [0.25, 0.3) is 0 Å². The second-order valence-electron chi connectivity index (χ2n) is 4.82. The monoisotopic (exact) mass is 293 g/mol. The number of aromatic nitrogens is 2. The molecule has 3 nitrogen and oxygen atoms in total. The van der Waals surface area contributed by atoms with Gasteiger partial charge in [-0.3, -0.25) is 4.98 Å². The first-order chi connectivity index (χ1) is 10.2. The van der Waals surface area contributed by atoms with Crippen molar-refractivity contribution < 1.29 is 0 Å². The third-order valence-electron chi connectivity index (χ3n) is 3.21. The molecule has 0 radical (unpaired) electrons. The van der Waals surface area contributed by atoms with E-state index in [0.29, 0.717) is 10.7 Å². The van der Waals surface area contributed by atoms with Gasteiger partial charge in [0.2, 0.25) is 0 Å². The summed E-state index contributed by atoms with van der Waals surface area (Å²) in [6.45, 7) is 1.99. The van der Waals surface area contributed by atoms with E-state index in [1.54, 1.807) is 6.20 Å². The van der Waals surface area contributed by atoms with E-state index in [1.807, 2.05) is 49.4 Å². The van der Waals surface area contributed by atoms with Crippen LogP contribution in [-0.2, 0) is 0 Å². The Hall–Kier alpha value is -2.57. The Kier molecular flexibility index (Phi) is 3.47. The van der Waals surface area contributed by atoms with Crippen LogP contribution < -0.4 is 0 Å². The number of pyridine rings is 1. The molecule has 0 unspecified atom stereocenters. The van der Waals surface area contributed by atoms with E-state index in [2.05, 4.69) is 16.0 Å². The van der Waals surface area contributed by atoms with Gasteiger partial charge in [-0.15, -0.1) is 0 Å². The number of nitrogens with one attached hydrogen (secondary N) is 1. The second-order valence-corrected chi connectivity index (χ2v) is 5.25. The van der Waals surface area contributed by atoms with Gasteiger partial charge in [0.05, 0.1) is 11.4 Å². The third-order valence-corrected chi connectivity index (χ3v) is 3.43. The average molecular weight is 294 g/mol. The fourth-order valence-electron chi connectivity index (χ4n) is 2.35. The number of benzene rings is 1. The van der Waals surface area contributed by atoms with E-state index in [1.165, 1.54) is 0 Å². The molecule has 2 aromatic heterocycles. The molecule has 0 aliphatic carbocycles. The molecule has 0 aliphatic rings. The Morgan fingerprint density at radius 1 is 1.19 bits per heavy atom. The molecule has 0 saturated heterocycles. The number of H-pyrrole nitrogens is 1. The number of aromatic amines is 1. The summed E-state index contributed by atoms with van der Waals surface area (Å²) in [5.74, 6) is 0. The van der Waals surface area contributed by atoms with Crippen LogP contribution in [0.3, 0.4) is 0 Å². The Balaban J connectivity index is 2.23. The molecule has 0 saturated carbocycles. The molecule has 2 heterocycles. The highest BCUT2D eigenvalue weighted by atomic mass is 35.5. The van der Waals surface area contributed by atoms with Crippen LogP contribution in [0.2, 0.25) is 5.02 Å². The zero-order valence-electron chi connectivity index (χ0n) is 11.4. The standard InChI is InChI=1S/C17H12ClN3/c1-11-6-12(8-13(18)7-11)17-15(9-14(10-19)21-17)16-4-2-3-5-20-16/h2-9,21H,1H3. The van der Waals surface area contributed by atoms with Gasteiger partial charge >= 0.3 is 0 Å². The summed E-state index contributed by atoms with van der Waals surface area (Å²) in [6, 6.07) is 15.5. The van der Waals surface area contributed by atoms with Gasteiger partial charge in [0.1, 0.15) is 11.8 Å².